The Hall–Kier alpha value is -3.34. The summed E-state index contributed by atoms with van der Waals surface area (Å²) in [4.78, 5) is 21.9. The Labute approximate surface area is 193 Å². The predicted molar refractivity (Wildman–Crippen MR) is 121 cm³/mol. The summed E-state index contributed by atoms with van der Waals surface area (Å²) in [7, 11) is 1.57. The highest BCUT2D eigenvalue weighted by molar-refractivity contribution is 5.85. The van der Waals surface area contributed by atoms with Gasteiger partial charge in [0.1, 0.15) is 6.33 Å². The number of ether oxygens (including phenoxy) is 1. The maximum Gasteiger partial charge on any atom is 0.390 e. The van der Waals surface area contributed by atoms with Crippen molar-refractivity contribution in [3.63, 3.8) is 0 Å². The molecule has 4 heterocycles. The Balaban J connectivity index is 1.50. The fraction of sp³-hybridized carbons (Fsp3) is 0.435. The maximum atomic E-state index is 12.9. The van der Waals surface area contributed by atoms with E-state index in [-0.39, 0.29) is 18.3 Å². The molecule has 1 aliphatic heterocycles. The molecule has 1 fully saturated rings. The van der Waals surface area contributed by atoms with E-state index in [1.807, 2.05) is 31.3 Å². The first-order valence-electron chi connectivity index (χ1n) is 11.2. The van der Waals surface area contributed by atoms with Gasteiger partial charge in [-0.2, -0.15) is 18.3 Å². The Morgan fingerprint density at radius 1 is 1.26 bits per heavy atom. The van der Waals surface area contributed by atoms with Gasteiger partial charge in [0.2, 0.25) is 0 Å². The van der Waals surface area contributed by atoms with Crippen LogP contribution in [0.25, 0.3) is 27.8 Å². The second-order valence-corrected chi connectivity index (χ2v) is 8.77. The number of pyridine rings is 1. The van der Waals surface area contributed by atoms with E-state index in [2.05, 4.69) is 15.1 Å². The van der Waals surface area contributed by atoms with Crippen LogP contribution in [0, 0.1) is 6.92 Å². The fourth-order valence-corrected chi connectivity index (χ4v) is 4.87. The molecular weight excluding hydrogens is 449 g/mol. The van der Waals surface area contributed by atoms with Gasteiger partial charge in [-0.25, -0.2) is 14.3 Å². The molecule has 5 rings (SSSR count). The number of nitrogens with zero attached hydrogens (tertiary/aromatic N) is 5. The number of nitrogens with one attached hydrogen (secondary N) is 1. The predicted octanol–water partition coefficient (Wildman–Crippen LogP) is 3.95. The maximum absolute atomic E-state index is 12.9. The second kappa shape index (κ2) is 8.46. The van der Waals surface area contributed by atoms with Gasteiger partial charge in [-0.05, 0) is 55.6 Å². The molecule has 34 heavy (non-hydrogen) atoms. The Kier molecular flexibility index (Phi) is 5.59. The van der Waals surface area contributed by atoms with Gasteiger partial charge in [-0.3, -0.25) is 4.57 Å². The zero-order chi connectivity index (χ0) is 24.0. The molecule has 0 radical (unpaired) electrons. The van der Waals surface area contributed by atoms with Crippen LogP contribution < -0.4 is 10.4 Å². The van der Waals surface area contributed by atoms with E-state index in [1.165, 1.54) is 6.33 Å². The first kappa shape index (κ1) is 22.5. The van der Waals surface area contributed by atoms with Crippen LogP contribution in [0.5, 0.6) is 5.75 Å². The van der Waals surface area contributed by atoms with Gasteiger partial charge >= 0.3 is 11.9 Å². The minimum absolute atomic E-state index is 0.0487. The van der Waals surface area contributed by atoms with Crippen molar-refractivity contribution in [2.75, 3.05) is 26.7 Å². The zero-order valence-electron chi connectivity index (χ0n) is 18.9. The molecule has 180 valence electrons. The summed E-state index contributed by atoms with van der Waals surface area (Å²) >= 11 is 0. The Morgan fingerprint density at radius 2 is 2.09 bits per heavy atom. The molecule has 1 aromatic carbocycles. The lowest BCUT2D eigenvalue weighted by Crippen LogP contribution is -2.40. The lowest BCUT2D eigenvalue weighted by molar-refractivity contribution is -0.138. The first-order chi connectivity index (χ1) is 16.2. The molecule has 11 heteroatoms. The lowest BCUT2D eigenvalue weighted by Gasteiger charge is -2.33. The molecule has 0 spiro atoms. The molecule has 0 unspecified atom stereocenters. The van der Waals surface area contributed by atoms with E-state index in [0.29, 0.717) is 30.0 Å². The van der Waals surface area contributed by atoms with Crippen LogP contribution in [0.4, 0.5) is 13.2 Å². The van der Waals surface area contributed by atoms with Gasteiger partial charge in [0, 0.05) is 24.8 Å². The summed E-state index contributed by atoms with van der Waals surface area (Å²) in [5.74, 6) is 0.585. The van der Waals surface area contributed by atoms with Crippen molar-refractivity contribution >= 4 is 16.7 Å². The van der Waals surface area contributed by atoms with Gasteiger partial charge in [0.25, 0.3) is 0 Å². The lowest BCUT2D eigenvalue weighted by atomic mass is 10.00. The van der Waals surface area contributed by atoms with E-state index in [4.69, 9.17) is 4.74 Å². The van der Waals surface area contributed by atoms with Crippen molar-refractivity contribution in [1.29, 1.82) is 0 Å². The number of benzene rings is 1. The smallest absolute Gasteiger partial charge is 0.390 e. The molecule has 0 bridgehead atoms. The highest BCUT2D eigenvalue weighted by Gasteiger charge is 2.30. The SMILES string of the molecule is COc1cc(-c2cc3[nH]c(=O)n([C@@H]4CCCN(CCC(F)(F)F)C4)c3cc2C)cn2ncnc12. The molecule has 1 saturated heterocycles. The molecule has 4 aromatic rings. The largest absolute Gasteiger partial charge is 0.493 e. The fourth-order valence-electron chi connectivity index (χ4n) is 4.87. The van der Waals surface area contributed by atoms with E-state index < -0.39 is 12.6 Å². The second-order valence-electron chi connectivity index (χ2n) is 8.77. The van der Waals surface area contributed by atoms with Crippen LogP contribution >= 0.6 is 0 Å². The number of halogens is 3. The van der Waals surface area contributed by atoms with E-state index in [1.54, 1.807) is 21.1 Å². The average Bonchev–Trinajstić information content (AvgIpc) is 3.39. The molecule has 0 aliphatic carbocycles. The molecule has 1 aliphatic rings. The van der Waals surface area contributed by atoms with Crippen LogP contribution in [0.15, 0.2) is 35.5 Å². The molecule has 1 atom stereocenters. The van der Waals surface area contributed by atoms with Gasteiger partial charge in [-0.15, -0.1) is 0 Å². The minimum atomic E-state index is -4.18. The third-order valence-electron chi connectivity index (χ3n) is 6.49. The zero-order valence-corrected chi connectivity index (χ0v) is 18.9. The van der Waals surface area contributed by atoms with Crippen molar-refractivity contribution < 1.29 is 17.9 Å². The summed E-state index contributed by atoms with van der Waals surface area (Å²) < 4.78 is 46.9. The molecule has 8 nitrogen and oxygen atoms in total. The quantitative estimate of drug-likeness (QED) is 0.474. The number of imidazole rings is 1. The number of aromatic amines is 1. The van der Waals surface area contributed by atoms with E-state index >= 15 is 0 Å². The highest BCUT2D eigenvalue weighted by atomic mass is 19.4. The van der Waals surface area contributed by atoms with Gasteiger partial charge < -0.3 is 14.6 Å². The van der Waals surface area contributed by atoms with Crippen molar-refractivity contribution in [3.05, 3.63) is 46.8 Å². The van der Waals surface area contributed by atoms with Crippen molar-refractivity contribution in [3.8, 4) is 16.9 Å². The van der Waals surface area contributed by atoms with Gasteiger partial charge in [-0.1, -0.05) is 0 Å². The van der Waals surface area contributed by atoms with E-state index in [0.717, 1.165) is 35.0 Å². The number of H-pyrrole nitrogens is 1. The number of fused-ring (bicyclic) bond motifs is 2. The van der Waals surface area contributed by atoms with Crippen molar-refractivity contribution in [1.82, 2.24) is 29.0 Å². The number of aromatic nitrogens is 5. The molecule has 3 aromatic heterocycles. The Morgan fingerprint density at radius 3 is 2.85 bits per heavy atom. The third-order valence-corrected chi connectivity index (χ3v) is 6.49. The molecule has 1 N–H and O–H groups in total. The summed E-state index contributed by atoms with van der Waals surface area (Å²) in [6.45, 7) is 2.95. The van der Waals surface area contributed by atoms with Gasteiger partial charge in [0.05, 0.1) is 30.6 Å². The van der Waals surface area contributed by atoms with Crippen LogP contribution in [0.3, 0.4) is 0 Å². The summed E-state index contributed by atoms with van der Waals surface area (Å²) in [6, 6.07) is 5.58. The van der Waals surface area contributed by atoms with E-state index in [9.17, 15) is 18.0 Å². The molecule has 0 saturated carbocycles. The normalized spacial score (nSPS) is 17.6. The van der Waals surface area contributed by atoms with Gasteiger partial charge in [0.15, 0.2) is 11.4 Å². The number of rotatable bonds is 5. The number of aryl methyl sites for hydroxylation is 1. The van der Waals surface area contributed by atoms with Crippen LogP contribution in [0.2, 0.25) is 0 Å². The monoisotopic (exact) mass is 474 g/mol. The average molecular weight is 474 g/mol. The Bertz CT molecular complexity index is 1400. The van der Waals surface area contributed by atoms with Crippen LogP contribution in [-0.4, -0.2) is 62.0 Å². The summed E-state index contributed by atoms with van der Waals surface area (Å²) in [5.41, 5.74) is 4.51. The summed E-state index contributed by atoms with van der Waals surface area (Å²) in [5, 5.41) is 4.21. The third kappa shape index (κ3) is 4.15. The number of alkyl halides is 3. The minimum Gasteiger partial charge on any atom is -0.493 e. The van der Waals surface area contributed by atoms with Crippen LogP contribution in [0.1, 0.15) is 30.9 Å². The van der Waals surface area contributed by atoms with Crippen molar-refractivity contribution in [2.24, 2.45) is 0 Å². The number of hydrogen-bond acceptors (Lipinski definition) is 5. The molecule has 0 amide bonds. The number of hydrogen-bond donors (Lipinski definition) is 1. The topological polar surface area (TPSA) is 80.5 Å². The number of methoxy groups -OCH3 is 1. The standard InChI is InChI=1S/C23H25F3N6O2/c1-14-8-19-18(10-17(14)15-9-20(34-2)21-27-13-28-31(21)11-15)29-22(33)32(19)16-4-3-6-30(12-16)7-5-23(24,25)26/h8-11,13,16H,3-7,12H2,1-2H3,(H,29,33)/t16-/m1/s1. The number of likely N-dealkylation sites (tertiary alicyclic amines) is 1. The van der Waals surface area contributed by atoms with Crippen molar-refractivity contribution in [2.45, 2.75) is 38.4 Å². The highest BCUT2D eigenvalue weighted by Crippen LogP contribution is 2.33. The summed E-state index contributed by atoms with van der Waals surface area (Å²) in [6.07, 6.45) is -0.224. The number of piperidine rings is 1. The molecular formula is C23H25F3N6O2. The first-order valence-corrected chi connectivity index (χ1v) is 11.2. The van der Waals surface area contributed by atoms with Crippen LogP contribution in [-0.2, 0) is 0 Å².